The second-order valence-corrected chi connectivity index (χ2v) is 7.98. The first kappa shape index (κ1) is 19.3. The molecule has 0 bridgehead atoms. The summed E-state index contributed by atoms with van der Waals surface area (Å²) in [5, 5.41) is 0. The van der Waals surface area contributed by atoms with Gasteiger partial charge < -0.3 is 4.90 Å². The summed E-state index contributed by atoms with van der Waals surface area (Å²) >= 11 is 0. The molecule has 2 fully saturated rings. The summed E-state index contributed by atoms with van der Waals surface area (Å²) in [5.41, 5.74) is 1.42. The fourth-order valence-corrected chi connectivity index (χ4v) is 4.52. The minimum atomic E-state index is -1.13. The Hall–Kier alpha value is -3.02. The van der Waals surface area contributed by atoms with Gasteiger partial charge in [0.2, 0.25) is 17.7 Å². The Labute approximate surface area is 170 Å². The van der Waals surface area contributed by atoms with E-state index in [0.717, 1.165) is 42.6 Å². The number of pyridine rings is 1. The summed E-state index contributed by atoms with van der Waals surface area (Å²) in [5.74, 6) is -0.553. The highest BCUT2D eigenvalue weighted by Gasteiger charge is 2.54. The highest BCUT2D eigenvalue weighted by molar-refractivity contribution is 6.10. The molecule has 2 aliphatic heterocycles. The highest BCUT2D eigenvalue weighted by atomic mass is 16.2. The van der Waals surface area contributed by atoms with Gasteiger partial charge in [0.1, 0.15) is 0 Å². The van der Waals surface area contributed by atoms with Crippen LogP contribution in [0.3, 0.4) is 0 Å². The topological polar surface area (TPSA) is 70.6 Å². The average Bonchev–Trinajstić information content (AvgIpc) is 3.33. The van der Waals surface area contributed by atoms with Gasteiger partial charge in [-0.15, -0.1) is 0 Å². The zero-order valence-corrected chi connectivity index (χ0v) is 16.6. The van der Waals surface area contributed by atoms with Gasteiger partial charge in [0.05, 0.1) is 12.0 Å². The number of hydrogen-bond donors (Lipinski definition) is 0. The van der Waals surface area contributed by atoms with Gasteiger partial charge in [-0.2, -0.15) is 0 Å². The van der Waals surface area contributed by atoms with Crippen molar-refractivity contribution in [3.05, 3.63) is 65.5 Å². The van der Waals surface area contributed by atoms with Crippen molar-refractivity contribution in [1.29, 1.82) is 0 Å². The van der Waals surface area contributed by atoms with Crippen LogP contribution in [0.1, 0.15) is 42.4 Å². The Morgan fingerprint density at radius 1 is 1.07 bits per heavy atom. The lowest BCUT2D eigenvalue weighted by Gasteiger charge is -2.30. The zero-order valence-electron chi connectivity index (χ0n) is 16.6. The molecule has 6 heteroatoms. The van der Waals surface area contributed by atoms with Crippen LogP contribution in [-0.2, 0) is 26.3 Å². The zero-order chi connectivity index (χ0) is 20.4. The minimum absolute atomic E-state index is 0.0291. The molecule has 0 spiro atoms. The maximum Gasteiger partial charge on any atom is 0.241 e. The summed E-state index contributed by atoms with van der Waals surface area (Å²) in [6, 6.07) is 11.2. The Balaban J connectivity index is 1.70. The van der Waals surface area contributed by atoms with Gasteiger partial charge in [0.15, 0.2) is 0 Å². The molecule has 1 unspecified atom stereocenters. The molecule has 150 valence electrons. The van der Waals surface area contributed by atoms with Crippen molar-refractivity contribution in [3.63, 3.8) is 0 Å². The quantitative estimate of drug-likeness (QED) is 0.735. The first-order chi connectivity index (χ1) is 14.0. The first-order valence-electron chi connectivity index (χ1n) is 10.1. The van der Waals surface area contributed by atoms with Crippen LogP contribution in [0.4, 0.5) is 0 Å². The Bertz CT molecular complexity index is 937. The maximum absolute atomic E-state index is 13.7. The van der Waals surface area contributed by atoms with Crippen LogP contribution in [-0.4, -0.2) is 45.6 Å². The van der Waals surface area contributed by atoms with Crippen molar-refractivity contribution in [2.45, 2.75) is 44.6 Å². The van der Waals surface area contributed by atoms with Crippen molar-refractivity contribution in [2.24, 2.45) is 0 Å². The lowest BCUT2D eigenvalue weighted by Crippen LogP contribution is -2.43. The molecule has 1 aromatic carbocycles. The van der Waals surface area contributed by atoms with Gasteiger partial charge in [-0.3, -0.25) is 24.3 Å². The predicted octanol–water partition coefficient (Wildman–Crippen LogP) is 2.60. The Kier molecular flexibility index (Phi) is 5.18. The third kappa shape index (κ3) is 3.55. The van der Waals surface area contributed by atoms with Gasteiger partial charge in [-0.1, -0.05) is 24.3 Å². The van der Waals surface area contributed by atoms with Gasteiger partial charge >= 0.3 is 0 Å². The number of aryl methyl sites for hydroxylation is 1. The van der Waals surface area contributed by atoms with E-state index in [1.165, 1.54) is 4.90 Å². The number of carbonyl (C=O) groups is 3. The lowest BCUT2D eigenvalue weighted by atomic mass is 9.74. The lowest BCUT2D eigenvalue weighted by molar-refractivity contribution is -0.143. The number of carbonyl (C=O) groups excluding carboxylic acids is 3. The van der Waals surface area contributed by atoms with Gasteiger partial charge in [0.25, 0.3) is 0 Å². The van der Waals surface area contributed by atoms with Crippen LogP contribution in [0.5, 0.6) is 0 Å². The molecule has 1 atom stereocenters. The molecular formula is C23H25N3O3. The summed E-state index contributed by atoms with van der Waals surface area (Å²) in [6.45, 7) is 3.59. The highest BCUT2D eigenvalue weighted by Crippen LogP contribution is 2.42. The largest absolute Gasteiger partial charge is 0.343 e. The molecule has 0 N–H and O–H groups in total. The third-order valence-corrected chi connectivity index (χ3v) is 6.07. The molecule has 2 aliphatic rings. The van der Waals surface area contributed by atoms with Crippen LogP contribution in [0.2, 0.25) is 0 Å². The van der Waals surface area contributed by atoms with Crippen molar-refractivity contribution in [2.75, 3.05) is 13.1 Å². The average molecular weight is 391 g/mol. The fraction of sp³-hybridized carbons (Fsp3) is 0.391. The number of benzene rings is 1. The standard InChI is InChI=1S/C23H25N3O3/c1-17-6-2-3-7-19(17)23(14-20(27)25-12-4-5-13-25)15-21(28)26(22(23)29)16-18-8-10-24-11-9-18/h2-3,6-11H,4-5,12-16H2,1H3. The van der Waals surface area contributed by atoms with Gasteiger partial charge in [-0.05, 0) is 48.6 Å². The summed E-state index contributed by atoms with van der Waals surface area (Å²) in [6.07, 6.45) is 5.34. The molecule has 0 radical (unpaired) electrons. The van der Waals surface area contributed by atoms with E-state index in [1.54, 1.807) is 24.5 Å². The van der Waals surface area contributed by atoms with Crippen LogP contribution >= 0.6 is 0 Å². The van der Waals surface area contributed by atoms with Gasteiger partial charge in [-0.25, -0.2) is 0 Å². The third-order valence-electron chi connectivity index (χ3n) is 6.07. The molecule has 0 saturated carbocycles. The number of rotatable bonds is 5. The Morgan fingerprint density at radius 3 is 2.45 bits per heavy atom. The fourth-order valence-electron chi connectivity index (χ4n) is 4.52. The summed E-state index contributed by atoms with van der Waals surface area (Å²) < 4.78 is 0. The monoisotopic (exact) mass is 391 g/mol. The van der Waals surface area contributed by atoms with Crippen LogP contribution in [0, 0.1) is 6.92 Å². The molecular weight excluding hydrogens is 366 g/mol. The number of aromatic nitrogens is 1. The van der Waals surface area contributed by atoms with Crippen molar-refractivity contribution in [1.82, 2.24) is 14.8 Å². The van der Waals surface area contributed by atoms with E-state index >= 15 is 0 Å². The second-order valence-electron chi connectivity index (χ2n) is 7.98. The summed E-state index contributed by atoms with van der Waals surface area (Å²) in [7, 11) is 0. The van der Waals surface area contributed by atoms with Crippen LogP contribution in [0.25, 0.3) is 0 Å². The maximum atomic E-state index is 13.7. The van der Waals surface area contributed by atoms with E-state index in [9.17, 15) is 14.4 Å². The number of amides is 3. The van der Waals surface area contributed by atoms with Crippen molar-refractivity contribution in [3.8, 4) is 0 Å². The molecule has 1 aromatic heterocycles. The number of nitrogens with zero attached hydrogens (tertiary/aromatic N) is 3. The SMILES string of the molecule is Cc1ccccc1C1(CC(=O)N2CCCC2)CC(=O)N(Cc2ccncc2)C1=O. The predicted molar refractivity (Wildman–Crippen MR) is 108 cm³/mol. The van der Waals surface area contributed by atoms with Crippen molar-refractivity contribution < 1.29 is 14.4 Å². The van der Waals surface area contributed by atoms with Crippen molar-refractivity contribution >= 4 is 17.7 Å². The van der Waals surface area contributed by atoms with Crippen LogP contribution in [0.15, 0.2) is 48.8 Å². The van der Waals surface area contributed by atoms with E-state index in [-0.39, 0.29) is 37.1 Å². The molecule has 3 amide bonds. The van der Waals surface area contributed by atoms with Gasteiger partial charge in [0, 0.05) is 38.3 Å². The molecule has 2 saturated heterocycles. The molecule has 29 heavy (non-hydrogen) atoms. The first-order valence-corrected chi connectivity index (χ1v) is 10.1. The molecule has 3 heterocycles. The number of imide groups is 1. The Morgan fingerprint density at radius 2 is 1.76 bits per heavy atom. The van der Waals surface area contributed by atoms with E-state index < -0.39 is 5.41 Å². The normalized spacial score (nSPS) is 21.8. The molecule has 4 rings (SSSR count). The molecule has 6 nitrogen and oxygen atoms in total. The molecule has 0 aliphatic carbocycles. The second kappa shape index (κ2) is 7.78. The van der Waals surface area contributed by atoms with Crippen LogP contribution < -0.4 is 0 Å². The molecule has 2 aromatic rings. The smallest absolute Gasteiger partial charge is 0.241 e. The number of hydrogen-bond acceptors (Lipinski definition) is 4. The van der Waals surface area contributed by atoms with E-state index in [4.69, 9.17) is 0 Å². The van der Waals surface area contributed by atoms with E-state index in [1.807, 2.05) is 36.1 Å². The van der Waals surface area contributed by atoms with E-state index in [0.29, 0.717) is 0 Å². The van der Waals surface area contributed by atoms with E-state index in [2.05, 4.69) is 4.98 Å². The number of likely N-dealkylation sites (tertiary alicyclic amines) is 2. The minimum Gasteiger partial charge on any atom is -0.343 e. The summed E-state index contributed by atoms with van der Waals surface area (Å²) in [4.78, 5) is 46.8.